The molecule has 1 aliphatic rings. The van der Waals surface area contributed by atoms with Crippen molar-refractivity contribution in [3.8, 4) is 0 Å². The molecule has 0 aromatic heterocycles. The summed E-state index contributed by atoms with van der Waals surface area (Å²) in [6.45, 7) is 4.20. The van der Waals surface area contributed by atoms with Gasteiger partial charge in [-0.2, -0.15) is 4.72 Å². The van der Waals surface area contributed by atoms with E-state index in [1.807, 2.05) is 61.5 Å². The van der Waals surface area contributed by atoms with Gasteiger partial charge in [0.25, 0.3) is 0 Å². The van der Waals surface area contributed by atoms with Crippen LogP contribution in [0.1, 0.15) is 11.1 Å². The number of halogens is 1. The number of carbonyl (C=O) groups is 1. The zero-order valence-electron chi connectivity index (χ0n) is 19.0. The number of rotatable bonds is 7. The zero-order valence-corrected chi connectivity index (χ0v) is 20.6. The van der Waals surface area contributed by atoms with E-state index in [-0.39, 0.29) is 17.2 Å². The van der Waals surface area contributed by atoms with E-state index in [2.05, 4.69) is 9.62 Å². The molecule has 3 aromatic carbocycles. The van der Waals surface area contributed by atoms with Crippen LogP contribution in [0.4, 0.5) is 5.69 Å². The first-order valence-electron chi connectivity index (χ1n) is 11.2. The molecule has 6 nitrogen and oxygen atoms in total. The molecule has 8 heteroatoms. The summed E-state index contributed by atoms with van der Waals surface area (Å²) in [6, 6.07) is 22.8. The Labute approximate surface area is 206 Å². The van der Waals surface area contributed by atoms with Crippen molar-refractivity contribution in [1.29, 1.82) is 0 Å². The molecule has 0 radical (unpaired) electrons. The third-order valence-electron chi connectivity index (χ3n) is 5.97. The minimum Gasteiger partial charge on any atom is -0.368 e. The molecular weight excluding hydrogens is 470 g/mol. The number of carbonyl (C=O) groups excluding carboxylic acids is 1. The highest BCUT2D eigenvalue weighted by Crippen LogP contribution is 2.21. The van der Waals surface area contributed by atoms with E-state index in [4.69, 9.17) is 11.6 Å². The first-order valence-corrected chi connectivity index (χ1v) is 13.1. The molecule has 1 N–H and O–H groups in total. The molecule has 3 aromatic rings. The maximum atomic E-state index is 13.5. The van der Waals surface area contributed by atoms with Gasteiger partial charge >= 0.3 is 0 Å². The summed E-state index contributed by atoms with van der Waals surface area (Å²) in [5.41, 5.74) is 2.87. The van der Waals surface area contributed by atoms with E-state index >= 15 is 0 Å². The monoisotopic (exact) mass is 497 g/mol. The van der Waals surface area contributed by atoms with Crippen molar-refractivity contribution in [3.05, 3.63) is 95.0 Å². The molecule has 1 aliphatic heterocycles. The first kappa shape index (κ1) is 24.3. The molecule has 0 spiro atoms. The average molecular weight is 498 g/mol. The Morgan fingerprint density at radius 3 is 2.26 bits per heavy atom. The maximum absolute atomic E-state index is 13.5. The van der Waals surface area contributed by atoms with Gasteiger partial charge in [0.05, 0.1) is 4.90 Å². The number of nitrogens with one attached hydrogen (secondary N) is 1. The number of anilines is 1. The molecule has 1 saturated heterocycles. The van der Waals surface area contributed by atoms with Gasteiger partial charge in [0, 0.05) is 36.9 Å². The fourth-order valence-electron chi connectivity index (χ4n) is 4.08. The lowest BCUT2D eigenvalue weighted by Gasteiger charge is -2.37. The van der Waals surface area contributed by atoms with Gasteiger partial charge < -0.3 is 9.80 Å². The first-order chi connectivity index (χ1) is 16.3. The van der Waals surface area contributed by atoms with Crippen molar-refractivity contribution in [2.75, 3.05) is 31.1 Å². The Kier molecular flexibility index (Phi) is 7.56. The van der Waals surface area contributed by atoms with E-state index in [1.54, 1.807) is 29.2 Å². The van der Waals surface area contributed by atoms with Crippen LogP contribution in [-0.2, 0) is 21.2 Å². The van der Waals surface area contributed by atoms with E-state index in [0.717, 1.165) is 16.8 Å². The van der Waals surface area contributed by atoms with Crippen molar-refractivity contribution in [2.45, 2.75) is 24.3 Å². The predicted molar refractivity (Wildman–Crippen MR) is 136 cm³/mol. The van der Waals surface area contributed by atoms with Gasteiger partial charge in [0.15, 0.2) is 0 Å². The summed E-state index contributed by atoms with van der Waals surface area (Å²) < 4.78 is 28.9. The van der Waals surface area contributed by atoms with Gasteiger partial charge in [-0.25, -0.2) is 8.42 Å². The maximum Gasteiger partial charge on any atom is 0.241 e. The van der Waals surface area contributed by atoms with Crippen LogP contribution in [0.5, 0.6) is 0 Å². The molecule has 178 valence electrons. The third kappa shape index (κ3) is 5.97. The summed E-state index contributed by atoms with van der Waals surface area (Å²) in [7, 11) is -3.86. The minimum atomic E-state index is -3.86. The molecule has 1 heterocycles. The molecule has 0 bridgehead atoms. The largest absolute Gasteiger partial charge is 0.368 e. The smallest absolute Gasteiger partial charge is 0.241 e. The van der Waals surface area contributed by atoms with Gasteiger partial charge in [-0.15, -0.1) is 0 Å². The fourth-order valence-corrected chi connectivity index (χ4v) is 5.45. The van der Waals surface area contributed by atoms with Crippen LogP contribution in [0.25, 0.3) is 0 Å². The molecule has 1 amide bonds. The van der Waals surface area contributed by atoms with Crippen LogP contribution in [-0.4, -0.2) is 51.4 Å². The third-order valence-corrected chi connectivity index (χ3v) is 7.70. The molecule has 4 rings (SSSR count). The second-order valence-corrected chi connectivity index (χ2v) is 10.6. The number of nitrogens with zero attached hydrogens (tertiary/aromatic N) is 2. The van der Waals surface area contributed by atoms with Crippen LogP contribution in [0.3, 0.4) is 0 Å². The van der Waals surface area contributed by atoms with Crippen molar-refractivity contribution < 1.29 is 13.2 Å². The van der Waals surface area contributed by atoms with Gasteiger partial charge in [-0.1, -0.05) is 65.7 Å². The highest BCUT2D eigenvalue weighted by Gasteiger charge is 2.31. The molecular formula is C26H28ClN3O3S. The number of hydrogen-bond donors (Lipinski definition) is 1. The number of sulfonamides is 1. The predicted octanol–water partition coefficient (Wildman–Crippen LogP) is 3.89. The van der Waals surface area contributed by atoms with Gasteiger partial charge in [-0.05, 0) is 49.2 Å². The molecule has 0 unspecified atom stereocenters. The van der Waals surface area contributed by atoms with E-state index < -0.39 is 16.1 Å². The van der Waals surface area contributed by atoms with Crippen LogP contribution in [0.15, 0.2) is 83.8 Å². The molecule has 1 atom stereocenters. The Hall–Kier alpha value is -2.87. The Morgan fingerprint density at radius 1 is 0.941 bits per heavy atom. The van der Waals surface area contributed by atoms with Gasteiger partial charge in [0.1, 0.15) is 6.04 Å². The second-order valence-electron chi connectivity index (χ2n) is 8.47. The number of piperazine rings is 1. The van der Waals surface area contributed by atoms with Crippen LogP contribution >= 0.6 is 11.6 Å². The van der Waals surface area contributed by atoms with Gasteiger partial charge in [0.2, 0.25) is 15.9 Å². The number of benzene rings is 3. The molecule has 1 fully saturated rings. The standard InChI is InChI=1S/C26H28ClN3O3S/c1-20-10-12-24(13-11-20)34(32,33)28-25(18-21-6-3-2-4-7-21)26(31)30-16-14-29(15-17-30)23-9-5-8-22(27)19-23/h2-13,19,25,28H,14-18H2,1H3/t25-/m0/s1. The summed E-state index contributed by atoms with van der Waals surface area (Å²) in [5, 5.41) is 0.671. The van der Waals surface area contributed by atoms with Crippen molar-refractivity contribution in [1.82, 2.24) is 9.62 Å². The van der Waals surface area contributed by atoms with E-state index in [9.17, 15) is 13.2 Å². The quantitative estimate of drug-likeness (QED) is 0.537. The molecule has 0 saturated carbocycles. The normalized spacial score (nSPS) is 15.2. The van der Waals surface area contributed by atoms with Crippen LogP contribution in [0, 0.1) is 6.92 Å². The summed E-state index contributed by atoms with van der Waals surface area (Å²) in [4.78, 5) is 17.6. The summed E-state index contributed by atoms with van der Waals surface area (Å²) in [6.07, 6.45) is 0.277. The zero-order chi connectivity index (χ0) is 24.1. The lowest BCUT2D eigenvalue weighted by Crippen LogP contribution is -2.55. The Bertz CT molecular complexity index is 1230. The highest BCUT2D eigenvalue weighted by molar-refractivity contribution is 7.89. The molecule has 34 heavy (non-hydrogen) atoms. The van der Waals surface area contributed by atoms with Crippen molar-refractivity contribution in [3.63, 3.8) is 0 Å². The lowest BCUT2D eigenvalue weighted by molar-refractivity contribution is -0.133. The number of hydrogen-bond acceptors (Lipinski definition) is 4. The van der Waals surface area contributed by atoms with Crippen LogP contribution in [0.2, 0.25) is 5.02 Å². The Morgan fingerprint density at radius 2 is 1.62 bits per heavy atom. The number of aryl methyl sites for hydroxylation is 1. The van der Waals surface area contributed by atoms with E-state index in [0.29, 0.717) is 31.2 Å². The second kappa shape index (κ2) is 10.6. The van der Waals surface area contributed by atoms with Crippen molar-refractivity contribution in [2.24, 2.45) is 0 Å². The van der Waals surface area contributed by atoms with Gasteiger partial charge in [-0.3, -0.25) is 4.79 Å². The summed E-state index contributed by atoms with van der Waals surface area (Å²) >= 11 is 6.13. The van der Waals surface area contributed by atoms with Crippen LogP contribution < -0.4 is 9.62 Å². The summed E-state index contributed by atoms with van der Waals surface area (Å²) in [5.74, 6) is -0.217. The lowest BCUT2D eigenvalue weighted by atomic mass is 10.1. The molecule has 0 aliphatic carbocycles. The fraction of sp³-hybridized carbons (Fsp3) is 0.269. The van der Waals surface area contributed by atoms with Crippen molar-refractivity contribution >= 4 is 33.2 Å². The topological polar surface area (TPSA) is 69.7 Å². The Balaban J connectivity index is 1.50. The number of amides is 1. The van der Waals surface area contributed by atoms with E-state index in [1.165, 1.54) is 0 Å². The minimum absolute atomic E-state index is 0.148. The average Bonchev–Trinajstić information content (AvgIpc) is 2.84. The SMILES string of the molecule is Cc1ccc(S(=O)(=O)N[C@@H](Cc2ccccc2)C(=O)N2CCN(c3cccc(Cl)c3)CC2)cc1. The highest BCUT2D eigenvalue weighted by atomic mass is 35.5.